The van der Waals surface area contributed by atoms with Crippen molar-refractivity contribution in [1.29, 1.82) is 0 Å². The second kappa shape index (κ2) is 9.00. The maximum atomic E-state index is 7.08. The molecule has 2 aliphatic heterocycles. The highest BCUT2D eigenvalue weighted by atomic mass is 35.5. The molecule has 5 rings (SSSR count). The van der Waals surface area contributed by atoms with Crippen LogP contribution in [0.25, 0.3) is 5.65 Å². The molecule has 5 heterocycles. The van der Waals surface area contributed by atoms with E-state index in [1.54, 1.807) is 0 Å². The molecule has 170 valence electrons. The number of rotatable bonds is 4. The molecule has 0 unspecified atom stereocenters. The van der Waals surface area contributed by atoms with E-state index in [2.05, 4.69) is 64.3 Å². The predicted molar refractivity (Wildman–Crippen MR) is 131 cm³/mol. The minimum Gasteiger partial charge on any atom is -0.355 e. The van der Waals surface area contributed by atoms with Crippen molar-refractivity contribution in [2.75, 3.05) is 44.7 Å². The van der Waals surface area contributed by atoms with Crippen molar-refractivity contribution in [3.8, 4) is 0 Å². The Labute approximate surface area is 195 Å². The van der Waals surface area contributed by atoms with Crippen molar-refractivity contribution in [2.24, 2.45) is 0 Å². The van der Waals surface area contributed by atoms with Crippen molar-refractivity contribution in [3.05, 3.63) is 58.6 Å². The number of anilines is 1. The maximum Gasteiger partial charge on any atom is 0.139 e. The van der Waals surface area contributed by atoms with Gasteiger partial charge in [0.25, 0.3) is 0 Å². The Morgan fingerprint density at radius 2 is 1.75 bits per heavy atom. The number of likely N-dealkylation sites (tertiary alicyclic amines) is 1. The summed E-state index contributed by atoms with van der Waals surface area (Å²) in [5.41, 5.74) is 4.35. The fourth-order valence-corrected chi connectivity index (χ4v) is 5.79. The molecule has 0 saturated carbocycles. The Hall–Kier alpha value is -2.15. The molecule has 2 atom stereocenters. The summed E-state index contributed by atoms with van der Waals surface area (Å²) < 4.78 is 2.15. The van der Waals surface area contributed by atoms with Crippen LogP contribution in [-0.4, -0.2) is 63.9 Å². The third kappa shape index (κ3) is 3.78. The first kappa shape index (κ1) is 21.7. The number of nitrogens with zero attached hydrogens (tertiary/aromatic N) is 6. The number of likely N-dealkylation sites (N-methyl/N-ethyl adjacent to an activating group) is 1. The lowest BCUT2D eigenvalue weighted by Gasteiger charge is -2.39. The van der Waals surface area contributed by atoms with Gasteiger partial charge in [0.2, 0.25) is 0 Å². The Morgan fingerprint density at radius 3 is 2.47 bits per heavy atom. The average Bonchev–Trinajstić information content (AvgIpc) is 3.16. The molecule has 3 aromatic rings. The van der Waals surface area contributed by atoms with Gasteiger partial charge in [-0.15, -0.1) is 0 Å². The zero-order valence-corrected chi connectivity index (χ0v) is 20.1. The number of hydrogen-bond donors (Lipinski definition) is 0. The number of fused-ring (bicyclic) bond motifs is 1. The number of pyridine rings is 2. The van der Waals surface area contributed by atoms with Gasteiger partial charge in [0.1, 0.15) is 16.6 Å². The standard InChI is InChI=1S/C25H33ClN6/c1-4-30-14-16-31(17-15-30)22-12-6-11-21-28-24(25(26)32(21)22)20-10-5-9-19(29(20)3)23-18(2)8-7-13-27-23/h6-8,11-13,19-20H,4-5,9-10,14-17H2,1-3H3/t19-,20+/m0/s1. The van der Waals surface area contributed by atoms with Gasteiger partial charge >= 0.3 is 0 Å². The fraction of sp³-hybridized carbons (Fsp3) is 0.520. The van der Waals surface area contributed by atoms with E-state index in [9.17, 15) is 0 Å². The number of piperazine rings is 1. The van der Waals surface area contributed by atoms with E-state index < -0.39 is 0 Å². The van der Waals surface area contributed by atoms with Gasteiger partial charge < -0.3 is 9.80 Å². The van der Waals surface area contributed by atoms with E-state index in [-0.39, 0.29) is 12.1 Å². The van der Waals surface area contributed by atoms with Gasteiger partial charge in [-0.2, -0.15) is 0 Å². The zero-order chi connectivity index (χ0) is 22.2. The lowest BCUT2D eigenvalue weighted by molar-refractivity contribution is 0.109. The highest BCUT2D eigenvalue weighted by Gasteiger charge is 2.34. The van der Waals surface area contributed by atoms with Crippen molar-refractivity contribution in [2.45, 2.75) is 45.2 Å². The molecule has 0 N–H and O–H groups in total. The number of aromatic nitrogens is 3. The molecule has 3 aromatic heterocycles. The summed E-state index contributed by atoms with van der Waals surface area (Å²) in [6.45, 7) is 9.70. The number of piperidine rings is 1. The molecular formula is C25H33ClN6. The van der Waals surface area contributed by atoms with Crippen molar-refractivity contribution < 1.29 is 0 Å². The van der Waals surface area contributed by atoms with E-state index in [0.29, 0.717) is 0 Å². The predicted octanol–water partition coefficient (Wildman–Crippen LogP) is 4.73. The summed E-state index contributed by atoms with van der Waals surface area (Å²) in [4.78, 5) is 17.2. The summed E-state index contributed by atoms with van der Waals surface area (Å²) in [6.07, 6.45) is 5.23. The van der Waals surface area contributed by atoms with Crippen LogP contribution >= 0.6 is 11.6 Å². The minimum atomic E-state index is 0.187. The minimum absolute atomic E-state index is 0.187. The average molecular weight is 453 g/mol. The molecular weight excluding hydrogens is 420 g/mol. The Kier molecular flexibility index (Phi) is 6.10. The number of halogens is 1. The van der Waals surface area contributed by atoms with Crippen LogP contribution < -0.4 is 4.90 Å². The van der Waals surface area contributed by atoms with Crippen LogP contribution in [0.15, 0.2) is 36.5 Å². The monoisotopic (exact) mass is 452 g/mol. The van der Waals surface area contributed by atoms with E-state index in [1.165, 1.54) is 11.3 Å². The van der Waals surface area contributed by atoms with E-state index in [0.717, 1.165) is 74.3 Å². The van der Waals surface area contributed by atoms with Gasteiger partial charge in [0.15, 0.2) is 0 Å². The SMILES string of the molecule is CCN1CCN(c2cccc3nc([C@H]4CCC[C@@H](c5ncccc5C)N4C)c(Cl)n23)CC1. The molecule has 32 heavy (non-hydrogen) atoms. The second-order valence-electron chi connectivity index (χ2n) is 9.12. The third-order valence-electron chi connectivity index (χ3n) is 7.35. The van der Waals surface area contributed by atoms with Crippen LogP contribution in [0, 0.1) is 6.92 Å². The summed E-state index contributed by atoms with van der Waals surface area (Å²) in [5.74, 6) is 1.15. The Balaban J connectivity index is 1.48. The molecule has 2 saturated heterocycles. The number of aryl methyl sites for hydroxylation is 1. The number of imidazole rings is 1. The van der Waals surface area contributed by atoms with Crippen molar-refractivity contribution in [3.63, 3.8) is 0 Å². The lowest BCUT2D eigenvalue weighted by atomic mass is 9.91. The van der Waals surface area contributed by atoms with Gasteiger partial charge in [-0.1, -0.05) is 30.7 Å². The second-order valence-corrected chi connectivity index (χ2v) is 9.48. The molecule has 2 fully saturated rings. The molecule has 0 radical (unpaired) electrons. The summed E-state index contributed by atoms with van der Waals surface area (Å²) in [6, 6.07) is 11.0. The van der Waals surface area contributed by atoms with Gasteiger partial charge in [-0.05, 0) is 63.5 Å². The summed E-state index contributed by atoms with van der Waals surface area (Å²) >= 11 is 7.08. The van der Waals surface area contributed by atoms with Gasteiger partial charge in [0.05, 0.1) is 23.5 Å². The Bertz CT molecular complexity index is 1090. The first-order chi connectivity index (χ1) is 15.6. The van der Waals surface area contributed by atoms with Crippen LogP contribution in [0.3, 0.4) is 0 Å². The molecule has 0 aromatic carbocycles. The quantitative estimate of drug-likeness (QED) is 0.572. The summed E-state index contributed by atoms with van der Waals surface area (Å²) in [5, 5.41) is 0.753. The van der Waals surface area contributed by atoms with Gasteiger partial charge in [-0.25, -0.2) is 4.98 Å². The normalized spacial score (nSPS) is 23.2. The van der Waals surface area contributed by atoms with Crippen LogP contribution in [0.5, 0.6) is 0 Å². The molecule has 7 heteroatoms. The van der Waals surface area contributed by atoms with Crippen LogP contribution in [0.1, 0.15) is 55.2 Å². The molecule has 0 aliphatic carbocycles. The smallest absolute Gasteiger partial charge is 0.139 e. The highest BCUT2D eigenvalue weighted by molar-refractivity contribution is 6.30. The van der Waals surface area contributed by atoms with E-state index in [4.69, 9.17) is 21.6 Å². The van der Waals surface area contributed by atoms with E-state index >= 15 is 0 Å². The fourth-order valence-electron chi connectivity index (χ4n) is 5.45. The largest absolute Gasteiger partial charge is 0.355 e. The zero-order valence-electron chi connectivity index (χ0n) is 19.3. The number of hydrogen-bond acceptors (Lipinski definition) is 5. The molecule has 0 amide bonds. The van der Waals surface area contributed by atoms with Crippen molar-refractivity contribution in [1.82, 2.24) is 24.2 Å². The van der Waals surface area contributed by atoms with Gasteiger partial charge in [0, 0.05) is 32.4 Å². The van der Waals surface area contributed by atoms with Crippen LogP contribution in [0.2, 0.25) is 5.15 Å². The maximum absolute atomic E-state index is 7.08. The molecule has 0 bridgehead atoms. The lowest BCUT2D eigenvalue weighted by Crippen LogP contribution is -2.46. The Morgan fingerprint density at radius 1 is 1.00 bits per heavy atom. The molecule has 0 spiro atoms. The highest BCUT2D eigenvalue weighted by Crippen LogP contribution is 2.42. The van der Waals surface area contributed by atoms with Crippen molar-refractivity contribution >= 4 is 23.1 Å². The van der Waals surface area contributed by atoms with E-state index in [1.807, 2.05) is 12.3 Å². The molecule has 6 nitrogen and oxygen atoms in total. The third-order valence-corrected chi connectivity index (χ3v) is 7.72. The van der Waals surface area contributed by atoms with Gasteiger partial charge in [-0.3, -0.25) is 14.3 Å². The summed E-state index contributed by atoms with van der Waals surface area (Å²) in [7, 11) is 2.20. The van der Waals surface area contributed by atoms with Crippen LogP contribution in [-0.2, 0) is 0 Å². The topological polar surface area (TPSA) is 39.9 Å². The first-order valence-electron chi connectivity index (χ1n) is 11.9. The molecule has 2 aliphatic rings. The van der Waals surface area contributed by atoms with Crippen LogP contribution in [0.4, 0.5) is 5.82 Å². The first-order valence-corrected chi connectivity index (χ1v) is 12.2.